The van der Waals surface area contributed by atoms with Gasteiger partial charge in [0.05, 0.1) is 79.3 Å². The molecule has 0 aromatic heterocycles. The van der Waals surface area contributed by atoms with Gasteiger partial charge in [-0.15, -0.1) is 0 Å². The first kappa shape index (κ1) is 61.3. The van der Waals surface area contributed by atoms with Gasteiger partial charge in [0.1, 0.15) is 146 Å². The molecule has 18 N–H and O–H groups in total. The van der Waals surface area contributed by atoms with Crippen LogP contribution in [0.5, 0.6) is 0 Å². The second-order valence-electron chi connectivity index (χ2n) is 18.5. The molecular weight excluding hydrogens is 1030 g/mol. The van der Waals surface area contributed by atoms with E-state index in [4.69, 9.17) is 71.1 Å². The van der Waals surface area contributed by atoms with Crippen LogP contribution in [0, 0.1) is 0 Å². The van der Waals surface area contributed by atoms with E-state index < -0.39 is 264 Å². The Hall–Kier alpha value is -1.32. The Bertz CT molecular complexity index is 1670. The average Bonchev–Trinajstić information content (AvgIpc) is 3.41. The van der Waals surface area contributed by atoms with Crippen LogP contribution in [0.2, 0.25) is 0 Å². The first-order chi connectivity index (χ1) is 36.0. The van der Waals surface area contributed by atoms with Gasteiger partial charge in [0.25, 0.3) is 0 Å². The topological polar surface area (TPSA) is 503 Å². The summed E-state index contributed by atoms with van der Waals surface area (Å²) in [4.78, 5) is 0. The quantitative estimate of drug-likeness (QED) is 0.0724. The molecule has 0 aliphatic carbocycles. The molecule has 0 radical (unpaired) electrons. The highest BCUT2D eigenvalue weighted by Gasteiger charge is 2.59. The molecule has 22 aliphatic heterocycles. The molecule has 75 heavy (non-hydrogen) atoms. The minimum absolute atomic E-state index is 0.507. The summed E-state index contributed by atoms with van der Waals surface area (Å²) in [5.41, 5.74) is 0. The molecule has 0 aromatic carbocycles. The van der Waals surface area contributed by atoms with Crippen LogP contribution in [0.4, 0.5) is 0 Å². The zero-order valence-electron chi connectivity index (χ0n) is 40.0. The van der Waals surface area contributed by atoms with E-state index >= 15 is 0 Å². The minimum Gasteiger partial charge on any atom is -0.394 e. The molecule has 33 heteroatoms. The van der Waals surface area contributed by atoms with Crippen molar-refractivity contribution in [2.75, 3.05) is 79.3 Å². The Morgan fingerprint density at radius 2 is 0.413 bits per heavy atom. The van der Waals surface area contributed by atoms with E-state index in [1.54, 1.807) is 0 Å². The van der Waals surface area contributed by atoms with E-state index in [1.807, 2.05) is 0 Å². The minimum atomic E-state index is -2.16. The van der Waals surface area contributed by atoms with Gasteiger partial charge in [0.15, 0.2) is 37.7 Å². The van der Waals surface area contributed by atoms with Gasteiger partial charge in [-0.25, -0.2) is 0 Å². The molecule has 438 valence electrons. The third-order valence-electron chi connectivity index (χ3n) is 13.8. The largest absolute Gasteiger partial charge is 0.394 e. The highest BCUT2D eigenvalue weighted by Crippen LogP contribution is 2.39. The van der Waals surface area contributed by atoms with E-state index in [2.05, 4.69) is 0 Å². The summed E-state index contributed by atoms with van der Waals surface area (Å²) in [6.07, 6.45) is -56.3. The summed E-state index contributed by atoms with van der Waals surface area (Å²) < 4.78 is 87.9. The summed E-state index contributed by atoms with van der Waals surface area (Å²) >= 11 is 0. The number of aliphatic hydroxyl groups is 18. The van der Waals surface area contributed by atoms with Crippen molar-refractivity contribution in [3.8, 4) is 0 Å². The maximum absolute atomic E-state index is 11.9. The molecule has 33 nitrogen and oxygen atoms in total. The van der Waals surface area contributed by atoms with Crippen LogP contribution in [0.15, 0.2) is 0 Å². The molecule has 22 rings (SSSR count). The van der Waals surface area contributed by atoms with Crippen LogP contribution in [0.1, 0.15) is 0 Å². The monoisotopic (exact) mass is 1100 g/mol. The maximum atomic E-state index is 11.9. The van der Waals surface area contributed by atoms with Crippen LogP contribution in [0.25, 0.3) is 0 Å². The van der Waals surface area contributed by atoms with Gasteiger partial charge in [-0.2, -0.15) is 0 Å². The van der Waals surface area contributed by atoms with Gasteiger partial charge in [-0.3, -0.25) is 0 Å². The van der Waals surface area contributed by atoms with Crippen LogP contribution >= 0.6 is 0 Å². The maximum Gasteiger partial charge on any atom is 0.187 e. The molecule has 30 atom stereocenters. The summed E-state index contributed by atoms with van der Waals surface area (Å²) in [5.74, 6) is 0. The third kappa shape index (κ3) is 13.1. The summed E-state index contributed by atoms with van der Waals surface area (Å²) in [6.45, 7) is -9.39. The van der Waals surface area contributed by atoms with Crippen LogP contribution < -0.4 is 0 Å². The van der Waals surface area contributed by atoms with Crippen molar-refractivity contribution in [2.45, 2.75) is 184 Å². The van der Waals surface area contributed by atoms with Gasteiger partial charge in [0.2, 0.25) is 0 Å². The Labute approximate surface area is 426 Å². The van der Waals surface area contributed by atoms with Crippen LogP contribution in [-0.2, 0) is 71.1 Å². The number of hydrogen-bond donors (Lipinski definition) is 18. The molecule has 22 aliphatic rings. The van der Waals surface area contributed by atoms with Gasteiger partial charge in [-0.05, 0) is 0 Å². The molecule has 12 bridgehead atoms. The molecule has 0 spiro atoms. The lowest BCUT2D eigenvalue weighted by Crippen LogP contribution is -2.69. The lowest BCUT2D eigenvalue weighted by Gasteiger charge is -2.51. The fourth-order valence-electron chi connectivity index (χ4n) is 10.0. The van der Waals surface area contributed by atoms with E-state index in [0.29, 0.717) is 0 Å². The Morgan fingerprint density at radius 3 is 0.613 bits per heavy atom. The molecule has 22 saturated heterocycles. The van der Waals surface area contributed by atoms with Gasteiger partial charge >= 0.3 is 0 Å². The Kier molecular flexibility index (Phi) is 22.8. The molecule has 22 fully saturated rings. The van der Waals surface area contributed by atoms with Crippen molar-refractivity contribution in [3.63, 3.8) is 0 Å². The van der Waals surface area contributed by atoms with E-state index in [1.165, 1.54) is 0 Å². The van der Waals surface area contributed by atoms with Crippen molar-refractivity contribution in [2.24, 2.45) is 0 Å². The van der Waals surface area contributed by atoms with Crippen molar-refractivity contribution in [1.29, 1.82) is 0 Å². The van der Waals surface area contributed by atoms with Crippen molar-refractivity contribution in [3.05, 3.63) is 0 Å². The smallest absolute Gasteiger partial charge is 0.187 e. The van der Waals surface area contributed by atoms with E-state index in [-0.39, 0.29) is 0 Å². The summed E-state index contributed by atoms with van der Waals surface area (Å²) in [5, 5.41) is 196. The molecule has 0 aromatic rings. The van der Waals surface area contributed by atoms with Crippen LogP contribution in [-0.4, -0.2) is 355 Å². The average molecular weight is 1110 g/mol. The van der Waals surface area contributed by atoms with Crippen molar-refractivity contribution < 1.29 is 163 Å². The van der Waals surface area contributed by atoms with Gasteiger partial charge in [-0.1, -0.05) is 0 Å². The standard InChI is InChI=1S/C42H72O33/c43-1-4-61-34-25(58)40-67-17(11-50)32(34)74-42-27(60)36(63-6-3-45)33(18(12-51)69-42)75-41-26(59)35(62-5-2-44)31(16(10-49)68-41)73-39-24(57)21(54)29(14(8-47)66-39)71-37-22(55)19(52)28(13(7-46)64-37)70-38-23(56)20(53)30(72-40)15(9-48)65-38/h13-60H,1-12H2/t13-,14-,15-,16-,17-,18-,19-,20-,21-,22-,23-,24-,25-,26-,27-,28-,29-,30-,31+,32+,33+,34-,35-,36-,37-,38-,39-,40-,41-,42-/m1/s1. The van der Waals surface area contributed by atoms with Gasteiger partial charge in [0, 0.05) is 0 Å². The first-order valence-corrected chi connectivity index (χ1v) is 24.3. The molecule has 0 amide bonds. The second kappa shape index (κ2) is 27.9. The Balaban J connectivity index is 1.26. The molecular formula is C42H72O33. The fourth-order valence-corrected chi connectivity index (χ4v) is 10.0. The predicted molar refractivity (Wildman–Crippen MR) is 228 cm³/mol. The van der Waals surface area contributed by atoms with E-state index in [9.17, 15) is 91.9 Å². The first-order valence-electron chi connectivity index (χ1n) is 24.3. The van der Waals surface area contributed by atoms with E-state index in [0.717, 1.165) is 0 Å². The lowest BCUT2D eigenvalue weighted by atomic mass is 9.94. The number of rotatable bonds is 15. The van der Waals surface area contributed by atoms with Crippen molar-refractivity contribution >= 4 is 0 Å². The zero-order chi connectivity index (χ0) is 54.4. The molecule has 0 saturated carbocycles. The predicted octanol–water partition coefficient (Wildman–Crippen LogP) is -13.0. The Morgan fingerprint density at radius 1 is 0.227 bits per heavy atom. The summed E-state index contributed by atoms with van der Waals surface area (Å²) in [7, 11) is 0. The number of hydrogen-bond acceptors (Lipinski definition) is 33. The second-order valence-corrected chi connectivity index (χ2v) is 18.5. The number of ether oxygens (including phenoxy) is 15. The highest BCUT2D eigenvalue weighted by atomic mass is 16.8. The fraction of sp³-hybridized carbons (Fsp3) is 1.00. The number of aliphatic hydroxyl groups excluding tert-OH is 18. The van der Waals surface area contributed by atoms with Gasteiger partial charge < -0.3 is 163 Å². The zero-order valence-corrected chi connectivity index (χ0v) is 40.0. The normalized spacial score (nSPS) is 50.2. The molecule has 22 heterocycles. The SMILES string of the molecule is OCCO[C@@H]1[C@@H](O)[C@H]2O[C@@H]3[C@H](OCCO)[C@@H](O)[C@@H](O[C@@H]4[C@H](OCCO)[C@@H](O)[C@@H](O[C@H]5[C@H](O)[C@@H](O)[C@@H](O[C@H]6[C@H](O)[C@@H](O)[C@@H](O[C@H]7[C@H](O)[C@@H](O)[C@@H](O[C@H]1[C@@H](CO)O2)O[C@@H]7CO)O[C@@H]6CO)O[C@@H]5CO)O[C@@H]4CO)O[C@@H]3CO. The van der Waals surface area contributed by atoms with Crippen LogP contribution in [0.3, 0.4) is 0 Å². The van der Waals surface area contributed by atoms with Crippen molar-refractivity contribution in [1.82, 2.24) is 0 Å². The molecule has 0 unspecified atom stereocenters. The summed E-state index contributed by atoms with van der Waals surface area (Å²) in [6, 6.07) is 0. The third-order valence-corrected chi connectivity index (χ3v) is 13.8. The lowest BCUT2D eigenvalue weighted by molar-refractivity contribution is -0.406. The highest BCUT2D eigenvalue weighted by molar-refractivity contribution is 5.01.